The van der Waals surface area contributed by atoms with Crippen molar-refractivity contribution >= 4 is 17.5 Å². The summed E-state index contributed by atoms with van der Waals surface area (Å²) >= 11 is 0. The zero-order valence-corrected chi connectivity index (χ0v) is 20.3. The second-order valence-electron chi connectivity index (χ2n) is 9.00. The molecular weight excluding hydrogens is 456 g/mol. The third-order valence-corrected chi connectivity index (χ3v) is 6.12. The number of amides is 2. The van der Waals surface area contributed by atoms with Gasteiger partial charge in [0.2, 0.25) is 5.91 Å². The number of ether oxygens (including phenoxy) is 1. The van der Waals surface area contributed by atoms with Crippen LogP contribution in [0.15, 0.2) is 66.7 Å². The molecule has 9 nitrogen and oxygen atoms in total. The number of benzene rings is 2. The fourth-order valence-electron chi connectivity index (χ4n) is 4.34. The second kappa shape index (κ2) is 9.71. The van der Waals surface area contributed by atoms with E-state index in [1.165, 1.54) is 0 Å². The van der Waals surface area contributed by atoms with Gasteiger partial charge >= 0.3 is 0 Å². The Kier molecular flexibility index (Phi) is 6.30. The van der Waals surface area contributed by atoms with Crippen LogP contribution < -0.4 is 10.5 Å². The lowest BCUT2D eigenvalue weighted by molar-refractivity contribution is -0.127. The quantitative estimate of drug-likeness (QED) is 0.392. The number of hydrogen-bond acceptors (Lipinski definition) is 5. The molecule has 0 fully saturated rings. The molecule has 0 saturated carbocycles. The fraction of sp³-hybridized carbons (Fsp3) is 0.222. The predicted octanol–water partition coefficient (Wildman–Crippen LogP) is 3.22. The summed E-state index contributed by atoms with van der Waals surface area (Å²) in [5.41, 5.74) is 9.66. The number of hydrogen-bond donors (Lipinski definition) is 2. The molecule has 2 aromatic heterocycles. The largest absolute Gasteiger partial charge is 0.457 e. The van der Waals surface area contributed by atoms with Crippen molar-refractivity contribution in [3.8, 4) is 22.8 Å². The van der Waals surface area contributed by atoms with Gasteiger partial charge in [-0.3, -0.25) is 14.7 Å². The van der Waals surface area contributed by atoms with Crippen LogP contribution in [0.3, 0.4) is 0 Å². The number of fused-ring (bicyclic) bond motifs is 3. The summed E-state index contributed by atoms with van der Waals surface area (Å²) in [5, 5.41) is 3.31. The van der Waals surface area contributed by atoms with Crippen molar-refractivity contribution in [2.75, 3.05) is 27.2 Å². The van der Waals surface area contributed by atoms with Crippen molar-refractivity contribution in [1.29, 1.82) is 0 Å². The van der Waals surface area contributed by atoms with E-state index in [2.05, 4.69) is 5.10 Å². The Balaban J connectivity index is 1.44. The molecule has 3 N–H and O–H groups in total. The zero-order valence-electron chi connectivity index (χ0n) is 20.3. The molecule has 0 spiro atoms. The molecule has 0 atom stereocenters. The topological polar surface area (TPSA) is 109 Å². The number of aromatic amines is 1. The molecule has 3 heterocycles. The third-order valence-electron chi connectivity index (χ3n) is 6.12. The van der Waals surface area contributed by atoms with Gasteiger partial charge in [-0.25, -0.2) is 9.50 Å². The third kappa shape index (κ3) is 4.60. The van der Waals surface area contributed by atoms with Crippen LogP contribution in [-0.2, 0) is 17.8 Å². The number of nitrogens with two attached hydrogens (primary N) is 1. The van der Waals surface area contributed by atoms with Gasteiger partial charge < -0.3 is 20.3 Å². The Morgan fingerprint density at radius 3 is 2.53 bits per heavy atom. The molecule has 2 aromatic carbocycles. The van der Waals surface area contributed by atoms with Gasteiger partial charge in [-0.1, -0.05) is 24.3 Å². The Morgan fingerprint density at radius 1 is 1.11 bits per heavy atom. The number of nitrogens with zero attached hydrogens (tertiary/aromatic N) is 4. The average molecular weight is 485 g/mol. The molecule has 184 valence electrons. The Hall–Kier alpha value is -4.37. The van der Waals surface area contributed by atoms with Gasteiger partial charge in [0, 0.05) is 31.1 Å². The molecule has 1 aliphatic heterocycles. The first kappa shape index (κ1) is 23.4. The number of nitrogens with one attached hydrogen (secondary N) is 1. The number of primary amides is 1. The van der Waals surface area contributed by atoms with Crippen LogP contribution in [0, 0.1) is 0 Å². The summed E-state index contributed by atoms with van der Waals surface area (Å²) in [7, 11) is 3.90. The number of carbonyl (C=O) groups is 2. The summed E-state index contributed by atoms with van der Waals surface area (Å²) in [6.45, 7) is 1.66. The Bertz CT molecular complexity index is 1430. The Labute approximate surface area is 208 Å². The lowest BCUT2D eigenvalue weighted by atomic mass is 10.1. The smallest absolute Gasteiger partial charge is 0.254 e. The highest BCUT2D eigenvalue weighted by Crippen LogP contribution is 2.31. The SMILES string of the molecule is CN(C)C/C=C/C(=O)N1CCc2nc3c(C(N)=O)c(-c4ccc(Oc5ccccc5)cc4)[nH]n3c2C1. The van der Waals surface area contributed by atoms with Crippen molar-refractivity contribution in [2.24, 2.45) is 5.73 Å². The van der Waals surface area contributed by atoms with Crippen molar-refractivity contribution in [1.82, 2.24) is 24.4 Å². The van der Waals surface area contributed by atoms with Gasteiger partial charge in [-0.15, -0.1) is 0 Å². The van der Waals surface area contributed by atoms with Gasteiger partial charge in [0.15, 0.2) is 5.65 Å². The van der Waals surface area contributed by atoms with Crippen molar-refractivity contribution in [3.63, 3.8) is 0 Å². The van der Waals surface area contributed by atoms with Crippen molar-refractivity contribution in [2.45, 2.75) is 13.0 Å². The van der Waals surface area contributed by atoms with Crippen LogP contribution >= 0.6 is 0 Å². The molecule has 0 aliphatic carbocycles. The minimum Gasteiger partial charge on any atom is -0.457 e. The molecule has 0 unspecified atom stereocenters. The molecule has 1 aliphatic rings. The molecule has 0 saturated heterocycles. The van der Waals surface area contributed by atoms with E-state index in [9.17, 15) is 9.59 Å². The summed E-state index contributed by atoms with van der Waals surface area (Å²) in [5.74, 6) is 0.801. The second-order valence-corrected chi connectivity index (χ2v) is 9.00. The summed E-state index contributed by atoms with van der Waals surface area (Å²) in [4.78, 5) is 33.7. The lowest BCUT2D eigenvalue weighted by Crippen LogP contribution is -2.35. The Morgan fingerprint density at radius 2 is 1.83 bits per heavy atom. The van der Waals surface area contributed by atoms with E-state index in [1.54, 1.807) is 15.5 Å². The van der Waals surface area contributed by atoms with Crippen LogP contribution in [-0.4, -0.2) is 63.4 Å². The van der Waals surface area contributed by atoms with Crippen LogP contribution in [0.4, 0.5) is 0 Å². The van der Waals surface area contributed by atoms with Gasteiger partial charge in [0.25, 0.3) is 5.91 Å². The monoisotopic (exact) mass is 484 g/mol. The summed E-state index contributed by atoms with van der Waals surface area (Å²) < 4.78 is 7.66. The molecule has 5 rings (SSSR count). The van der Waals surface area contributed by atoms with Gasteiger partial charge in [0.05, 0.1) is 23.6 Å². The van der Waals surface area contributed by atoms with Gasteiger partial charge in [-0.2, -0.15) is 0 Å². The molecule has 0 bridgehead atoms. The molecular formula is C27H28N6O3. The maximum absolute atomic E-state index is 12.7. The number of H-pyrrole nitrogens is 1. The molecule has 2 amide bonds. The molecule has 4 aromatic rings. The molecule has 36 heavy (non-hydrogen) atoms. The standard InChI is InChI=1S/C27H28N6O3/c1-31(2)15-6-9-23(34)32-16-14-21-22(17-32)33-27(29-21)24(26(28)35)25(30-33)18-10-12-20(13-11-18)36-19-7-4-3-5-8-19/h3-13,30H,14-17H2,1-2H3,(H2,28,35)/b9-6+. The van der Waals surface area contributed by atoms with Crippen LogP contribution in [0.5, 0.6) is 11.5 Å². The van der Waals surface area contributed by atoms with E-state index in [-0.39, 0.29) is 5.91 Å². The number of imidazole rings is 1. The highest BCUT2D eigenvalue weighted by Gasteiger charge is 2.28. The predicted molar refractivity (Wildman–Crippen MR) is 137 cm³/mol. The van der Waals surface area contributed by atoms with E-state index in [4.69, 9.17) is 15.5 Å². The minimum atomic E-state index is -0.567. The summed E-state index contributed by atoms with van der Waals surface area (Å²) in [6, 6.07) is 16.9. The summed E-state index contributed by atoms with van der Waals surface area (Å²) in [6.07, 6.45) is 4.07. The fourth-order valence-corrected chi connectivity index (χ4v) is 4.34. The minimum absolute atomic E-state index is 0.0478. The average Bonchev–Trinajstić information content (AvgIpc) is 3.40. The number of carbonyl (C=O) groups excluding carboxylic acids is 2. The number of likely N-dealkylation sites (N-methyl/N-ethyl adjacent to an activating group) is 1. The maximum Gasteiger partial charge on any atom is 0.254 e. The first-order valence-electron chi connectivity index (χ1n) is 11.8. The van der Waals surface area contributed by atoms with Crippen LogP contribution in [0.1, 0.15) is 21.7 Å². The number of rotatable bonds is 7. The zero-order chi connectivity index (χ0) is 25.2. The normalized spacial score (nSPS) is 13.5. The highest BCUT2D eigenvalue weighted by atomic mass is 16.5. The highest BCUT2D eigenvalue weighted by molar-refractivity contribution is 6.04. The van der Waals surface area contributed by atoms with E-state index < -0.39 is 5.91 Å². The van der Waals surface area contributed by atoms with Crippen LogP contribution in [0.25, 0.3) is 16.9 Å². The van der Waals surface area contributed by atoms with E-state index in [1.807, 2.05) is 79.7 Å². The first-order valence-corrected chi connectivity index (χ1v) is 11.8. The molecule has 0 radical (unpaired) electrons. The first-order chi connectivity index (χ1) is 17.4. The van der Waals surface area contributed by atoms with E-state index in [0.29, 0.717) is 48.7 Å². The number of aromatic nitrogens is 3. The van der Waals surface area contributed by atoms with Gasteiger partial charge in [-0.05, 0) is 50.5 Å². The lowest BCUT2D eigenvalue weighted by Gasteiger charge is -2.25. The maximum atomic E-state index is 12.7. The van der Waals surface area contributed by atoms with E-state index in [0.717, 1.165) is 22.7 Å². The van der Waals surface area contributed by atoms with Gasteiger partial charge in [0.1, 0.15) is 17.1 Å². The van der Waals surface area contributed by atoms with Crippen LogP contribution in [0.2, 0.25) is 0 Å². The van der Waals surface area contributed by atoms with E-state index >= 15 is 0 Å². The van der Waals surface area contributed by atoms with Crippen molar-refractivity contribution < 1.29 is 14.3 Å². The van der Waals surface area contributed by atoms with Crippen molar-refractivity contribution in [3.05, 3.63) is 83.7 Å². The number of para-hydroxylation sites is 1. The molecule has 9 heteroatoms.